The second-order valence-corrected chi connectivity index (χ2v) is 8.20. The highest BCUT2D eigenvalue weighted by molar-refractivity contribution is 5.82. The fourth-order valence-corrected chi connectivity index (χ4v) is 3.85. The Kier molecular flexibility index (Phi) is 10.4. The van der Waals surface area contributed by atoms with Gasteiger partial charge in [-0.3, -0.25) is 0 Å². The number of hydrogen-bond acceptors (Lipinski definition) is 5. The molecule has 0 aromatic rings. The van der Waals surface area contributed by atoms with Crippen LogP contribution in [0.4, 0.5) is 0 Å². The van der Waals surface area contributed by atoms with Crippen molar-refractivity contribution >= 4 is 5.97 Å². The van der Waals surface area contributed by atoms with E-state index in [0.29, 0.717) is 6.42 Å². The fourth-order valence-electron chi connectivity index (χ4n) is 3.85. The van der Waals surface area contributed by atoms with Gasteiger partial charge in [-0.1, -0.05) is 63.9 Å². The molecular weight excluding hydrogens is 344 g/mol. The summed E-state index contributed by atoms with van der Waals surface area (Å²) >= 11 is 0. The topological polar surface area (TPSA) is 79.3 Å². The summed E-state index contributed by atoms with van der Waals surface area (Å²) in [6, 6.07) is 0. The number of carbonyl (C=O) groups excluding carboxylic acids is 1. The minimum atomic E-state index is -0.691. The number of ether oxygens (including phenoxy) is 2. The van der Waals surface area contributed by atoms with Gasteiger partial charge in [0.05, 0.1) is 18.3 Å². The first-order chi connectivity index (χ1) is 13.1. The highest BCUT2D eigenvalue weighted by Gasteiger charge is 2.47. The summed E-state index contributed by atoms with van der Waals surface area (Å²) in [6.07, 6.45) is 15.2. The van der Waals surface area contributed by atoms with Gasteiger partial charge in [-0.25, -0.2) is 4.79 Å². The van der Waals surface area contributed by atoms with Crippen molar-refractivity contribution in [2.45, 2.75) is 121 Å². The summed E-state index contributed by atoms with van der Waals surface area (Å²) in [5.74, 6) is -0.356. The predicted molar refractivity (Wildman–Crippen MR) is 105 cm³/mol. The smallest absolute Gasteiger partial charge is 0.330 e. The second-order valence-electron chi connectivity index (χ2n) is 8.20. The monoisotopic (exact) mass is 382 g/mol. The number of carbonyl (C=O) groups is 1. The van der Waals surface area contributed by atoms with E-state index >= 15 is 0 Å². The molecule has 0 aromatic carbocycles. The molecular formula is C22H38O5. The molecule has 5 heteroatoms. The van der Waals surface area contributed by atoms with Gasteiger partial charge in [-0.2, -0.15) is 0 Å². The van der Waals surface area contributed by atoms with Crippen LogP contribution in [0, 0.1) is 0 Å². The molecule has 2 rings (SSSR count). The lowest BCUT2D eigenvalue weighted by atomic mass is 10.0. The standard InChI is InChI=1S/C22H38O5/c1-17-13-10-8-6-4-2-3-5-7-9-11-14-18(23)21-22(27-21)19(24)15-12-16-20(25)26-17/h12,16-19,21-24H,2-11,13-15H2,1H3/b16-12+/t17-,18+,19+,21-,22-/m1/s1. The summed E-state index contributed by atoms with van der Waals surface area (Å²) in [5, 5.41) is 20.4. The van der Waals surface area contributed by atoms with E-state index in [1.807, 2.05) is 6.92 Å². The van der Waals surface area contributed by atoms with E-state index in [4.69, 9.17) is 9.47 Å². The maximum absolute atomic E-state index is 11.8. The van der Waals surface area contributed by atoms with Gasteiger partial charge in [0.1, 0.15) is 12.2 Å². The number of aliphatic hydroxyl groups excluding tert-OH is 2. The average Bonchev–Trinajstić information content (AvgIpc) is 3.42. The summed E-state index contributed by atoms with van der Waals surface area (Å²) in [6.45, 7) is 1.93. The maximum Gasteiger partial charge on any atom is 0.330 e. The minimum Gasteiger partial charge on any atom is -0.460 e. The summed E-state index contributed by atoms with van der Waals surface area (Å²) in [5.41, 5.74) is 0. The summed E-state index contributed by atoms with van der Waals surface area (Å²) in [4.78, 5) is 11.8. The summed E-state index contributed by atoms with van der Waals surface area (Å²) < 4.78 is 10.8. The second kappa shape index (κ2) is 12.5. The SMILES string of the molecule is C[C@@H]1CCCCCCCCCCCC[C@H](O)[C@H]2O[C@@H]2[C@@H](O)C/C=C/C(=O)O1. The number of rotatable bonds is 0. The fraction of sp³-hybridized carbons (Fsp3) is 0.864. The molecule has 156 valence electrons. The molecule has 0 amide bonds. The molecule has 2 N–H and O–H groups in total. The quantitative estimate of drug-likeness (QED) is 0.488. The van der Waals surface area contributed by atoms with Gasteiger partial charge in [0.2, 0.25) is 0 Å². The van der Waals surface area contributed by atoms with Crippen LogP contribution in [0.3, 0.4) is 0 Å². The Morgan fingerprint density at radius 1 is 0.815 bits per heavy atom. The van der Waals surface area contributed by atoms with Crippen LogP contribution < -0.4 is 0 Å². The first-order valence-electron chi connectivity index (χ1n) is 11.0. The van der Waals surface area contributed by atoms with Crippen molar-refractivity contribution in [1.82, 2.24) is 0 Å². The highest BCUT2D eigenvalue weighted by Crippen LogP contribution is 2.32. The summed E-state index contributed by atoms with van der Waals surface area (Å²) in [7, 11) is 0. The van der Waals surface area contributed by atoms with E-state index in [0.717, 1.165) is 32.1 Å². The normalized spacial score (nSPS) is 37.1. The molecule has 0 saturated carbocycles. The van der Waals surface area contributed by atoms with Crippen molar-refractivity contribution in [3.63, 3.8) is 0 Å². The van der Waals surface area contributed by atoms with E-state index < -0.39 is 12.2 Å². The maximum atomic E-state index is 11.8. The zero-order valence-corrected chi connectivity index (χ0v) is 16.9. The van der Waals surface area contributed by atoms with Gasteiger partial charge in [0.15, 0.2) is 0 Å². The van der Waals surface area contributed by atoms with Crippen LogP contribution in [0.1, 0.15) is 90.4 Å². The van der Waals surface area contributed by atoms with Crippen molar-refractivity contribution in [2.75, 3.05) is 0 Å². The van der Waals surface area contributed by atoms with Gasteiger partial charge >= 0.3 is 5.97 Å². The van der Waals surface area contributed by atoms with Crippen LogP contribution in [0.15, 0.2) is 12.2 Å². The first kappa shape index (κ1) is 22.4. The molecule has 0 bridgehead atoms. The molecule has 1 saturated heterocycles. The molecule has 1 fully saturated rings. The lowest BCUT2D eigenvalue weighted by Gasteiger charge is -2.12. The lowest BCUT2D eigenvalue weighted by Crippen LogP contribution is -2.23. The van der Waals surface area contributed by atoms with Gasteiger partial charge in [-0.05, 0) is 32.6 Å². The first-order valence-corrected chi connectivity index (χ1v) is 11.0. The highest BCUT2D eigenvalue weighted by atomic mass is 16.6. The zero-order chi connectivity index (χ0) is 19.5. The van der Waals surface area contributed by atoms with E-state index in [1.54, 1.807) is 6.08 Å². The van der Waals surface area contributed by atoms with Gasteiger partial charge in [-0.15, -0.1) is 0 Å². The number of esters is 1. The zero-order valence-electron chi connectivity index (χ0n) is 16.9. The third-order valence-electron chi connectivity index (χ3n) is 5.63. The molecule has 0 aliphatic carbocycles. The van der Waals surface area contributed by atoms with Crippen molar-refractivity contribution in [3.05, 3.63) is 12.2 Å². The molecule has 2 heterocycles. The van der Waals surface area contributed by atoms with Crippen LogP contribution in [-0.4, -0.2) is 46.7 Å². The van der Waals surface area contributed by atoms with Crippen molar-refractivity contribution in [3.8, 4) is 0 Å². The number of cyclic esters (lactones) is 1. The third kappa shape index (κ3) is 9.22. The van der Waals surface area contributed by atoms with Crippen LogP contribution in [0.25, 0.3) is 0 Å². The van der Waals surface area contributed by atoms with Gasteiger partial charge in [0, 0.05) is 6.08 Å². The van der Waals surface area contributed by atoms with Crippen LogP contribution in [-0.2, 0) is 14.3 Å². The van der Waals surface area contributed by atoms with E-state index in [-0.39, 0.29) is 24.3 Å². The molecule has 2 aliphatic rings. The molecule has 0 aromatic heterocycles. The number of aliphatic hydroxyl groups is 2. The van der Waals surface area contributed by atoms with Crippen LogP contribution >= 0.6 is 0 Å². The number of fused-ring (bicyclic) bond motifs is 1. The molecule has 0 spiro atoms. The average molecular weight is 383 g/mol. The molecule has 0 radical (unpaired) electrons. The van der Waals surface area contributed by atoms with Crippen molar-refractivity contribution < 1.29 is 24.5 Å². The van der Waals surface area contributed by atoms with Crippen LogP contribution in [0.2, 0.25) is 0 Å². The Labute approximate surface area is 164 Å². The Morgan fingerprint density at radius 3 is 1.96 bits per heavy atom. The lowest BCUT2D eigenvalue weighted by molar-refractivity contribution is -0.142. The van der Waals surface area contributed by atoms with Crippen molar-refractivity contribution in [1.29, 1.82) is 0 Å². The van der Waals surface area contributed by atoms with E-state index in [9.17, 15) is 15.0 Å². The Morgan fingerprint density at radius 2 is 1.33 bits per heavy atom. The van der Waals surface area contributed by atoms with Crippen molar-refractivity contribution in [2.24, 2.45) is 0 Å². The van der Waals surface area contributed by atoms with Crippen LogP contribution in [0.5, 0.6) is 0 Å². The van der Waals surface area contributed by atoms with E-state index in [2.05, 4.69) is 0 Å². The molecule has 2 aliphatic heterocycles. The molecule has 5 atom stereocenters. The predicted octanol–water partition coefficient (Wildman–Crippen LogP) is 4.05. The number of hydrogen-bond donors (Lipinski definition) is 2. The molecule has 0 unspecified atom stereocenters. The Bertz CT molecular complexity index is 450. The van der Waals surface area contributed by atoms with E-state index in [1.165, 1.54) is 51.0 Å². The molecule has 27 heavy (non-hydrogen) atoms. The van der Waals surface area contributed by atoms with Gasteiger partial charge < -0.3 is 19.7 Å². The number of epoxide rings is 1. The Hall–Kier alpha value is -0.910. The Balaban J connectivity index is 1.77. The largest absolute Gasteiger partial charge is 0.460 e. The minimum absolute atomic E-state index is 0.0729. The third-order valence-corrected chi connectivity index (χ3v) is 5.63. The van der Waals surface area contributed by atoms with Gasteiger partial charge in [0.25, 0.3) is 0 Å². The molecule has 5 nitrogen and oxygen atoms in total.